The molecule has 3 N–H and O–H groups in total. The number of carbonyl (C=O) groups is 1. The van der Waals surface area contributed by atoms with Crippen molar-refractivity contribution < 1.29 is 4.79 Å². The number of rotatable bonds is 5. The lowest BCUT2D eigenvalue weighted by molar-refractivity contribution is -0.114. The van der Waals surface area contributed by atoms with Gasteiger partial charge in [0, 0.05) is 24.9 Å². The molecule has 0 aliphatic heterocycles. The van der Waals surface area contributed by atoms with E-state index in [9.17, 15) is 4.79 Å². The number of hydrogen-bond donors (Lipinski definition) is 2. The van der Waals surface area contributed by atoms with Gasteiger partial charge in [-0.3, -0.25) is 9.69 Å². The second-order valence-electron chi connectivity index (χ2n) is 5.23. The number of thiazole rings is 1. The number of hydrogen-bond acceptors (Lipinski definition) is 5. The molecule has 0 aromatic carbocycles. The van der Waals surface area contributed by atoms with E-state index in [2.05, 4.69) is 22.2 Å². The second kappa shape index (κ2) is 6.45. The quantitative estimate of drug-likeness (QED) is 0.861. The lowest BCUT2D eigenvalue weighted by Crippen LogP contribution is -2.37. The average molecular weight is 282 g/mol. The zero-order valence-corrected chi connectivity index (χ0v) is 12.4. The molecule has 1 heterocycles. The van der Waals surface area contributed by atoms with Gasteiger partial charge in [0.15, 0.2) is 5.13 Å². The Morgan fingerprint density at radius 3 is 3.11 bits per heavy atom. The monoisotopic (exact) mass is 282 g/mol. The average Bonchev–Trinajstić information content (AvgIpc) is 2.96. The van der Waals surface area contributed by atoms with Crippen molar-refractivity contribution in [1.82, 2.24) is 9.88 Å². The van der Waals surface area contributed by atoms with Gasteiger partial charge in [0.25, 0.3) is 0 Å². The van der Waals surface area contributed by atoms with E-state index in [0.29, 0.717) is 17.1 Å². The smallest absolute Gasteiger partial charge is 0.223 e. The molecule has 1 fully saturated rings. The zero-order chi connectivity index (χ0) is 13.8. The van der Waals surface area contributed by atoms with Crippen LogP contribution in [0.3, 0.4) is 0 Å². The molecule has 1 amide bonds. The highest BCUT2D eigenvalue weighted by Gasteiger charge is 2.29. The fourth-order valence-corrected chi connectivity index (χ4v) is 3.58. The van der Waals surface area contributed by atoms with Crippen LogP contribution in [0.25, 0.3) is 0 Å². The maximum absolute atomic E-state index is 11.0. The molecule has 0 spiro atoms. The molecule has 1 aromatic rings. The van der Waals surface area contributed by atoms with E-state index in [1.807, 2.05) is 5.38 Å². The Labute approximate surface area is 118 Å². The van der Waals surface area contributed by atoms with Crippen LogP contribution < -0.4 is 11.1 Å². The third kappa shape index (κ3) is 3.75. The largest absolute Gasteiger partial charge is 0.330 e. The summed E-state index contributed by atoms with van der Waals surface area (Å²) >= 11 is 1.47. The van der Waals surface area contributed by atoms with Gasteiger partial charge in [-0.15, -0.1) is 11.3 Å². The van der Waals surface area contributed by atoms with Crippen LogP contribution in [-0.4, -0.2) is 35.4 Å². The first kappa shape index (κ1) is 14.4. The number of nitrogens with one attached hydrogen (secondary N) is 1. The van der Waals surface area contributed by atoms with E-state index in [1.165, 1.54) is 37.5 Å². The summed E-state index contributed by atoms with van der Waals surface area (Å²) in [5.74, 6) is 0.534. The van der Waals surface area contributed by atoms with Crippen LogP contribution in [0.15, 0.2) is 5.38 Å². The van der Waals surface area contributed by atoms with Crippen molar-refractivity contribution in [3.63, 3.8) is 0 Å². The minimum atomic E-state index is -0.0757. The van der Waals surface area contributed by atoms with Gasteiger partial charge in [-0.1, -0.05) is 6.42 Å². The Morgan fingerprint density at radius 2 is 2.42 bits per heavy atom. The first-order valence-corrected chi connectivity index (χ1v) is 7.60. The highest BCUT2D eigenvalue weighted by Crippen LogP contribution is 2.29. The molecular weight excluding hydrogens is 260 g/mol. The van der Waals surface area contributed by atoms with Gasteiger partial charge in [0.2, 0.25) is 5.91 Å². The van der Waals surface area contributed by atoms with Gasteiger partial charge in [0.1, 0.15) is 0 Å². The summed E-state index contributed by atoms with van der Waals surface area (Å²) < 4.78 is 0. The minimum Gasteiger partial charge on any atom is -0.330 e. The summed E-state index contributed by atoms with van der Waals surface area (Å²) in [5, 5.41) is 5.40. The van der Waals surface area contributed by atoms with Gasteiger partial charge in [-0.05, 0) is 32.4 Å². The predicted molar refractivity (Wildman–Crippen MR) is 78.1 cm³/mol. The number of nitrogens with two attached hydrogens (primary N) is 1. The van der Waals surface area contributed by atoms with Crippen LogP contribution >= 0.6 is 11.3 Å². The van der Waals surface area contributed by atoms with Gasteiger partial charge >= 0.3 is 0 Å². The first-order valence-electron chi connectivity index (χ1n) is 6.72. The van der Waals surface area contributed by atoms with E-state index in [0.717, 1.165) is 18.8 Å². The Bertz CT molecular complexity index is 434. The van der Waals surface area contributed by atoms with E-state index >= 15 is 0 Å². The molecule has 2 unspecified atom stereocenters. The van der Waals surface area contributed by atoms with Crippen LogP contribution in [0.5, 0.6) is 0 Å². The predicted octanol–water partition coefficient (Wildman–Crippen LogP) is 1.66. The topological polar surface area (TPSA) is 71.2 Å². The molecular formula is C13H22N4OS. The van der Waals surface area contributed by atoms with Crippen molar-refractivity contribution in [1.29, 1.82) is 0 Å². The van der Waals surface area contributed by atoms with Crippen LogP contribution in [0, 0.1) is 5.92 Å². The van der Waals surface area contributed by atoms with Gasteiger partial charge < -0.3 is 11.1 Å². The van der Waals surface area contributed by atoms with Crippen molar-refractivity contribution >= 4 is 22.4 Å². The number of amides is 1. The van der Waals surface area contributed by atoms with Gasteiger partial charge in [-0.25, -0.2) is 4.98 Å². The van der Waals surface area contributed by atoms with Crippen molar-refractivity contribution in [2.45, 2.75) is 38.8 Å². The van der Waals surface area contributed by atoms with Crippen LogP contribution in [0.2, 0.25) is 0 Å². The summed E-state index contributed by atoms with van der Waals surface area (Å²) in [6.45, 7) is 3.08. The normalized spacial score (nSPS) is 22.9. The SMILES string of the molecule is CC(=O)Nc1nc(CN(C)C2CCCC2CN)cs1. The third-order valence-corrected chi connectivity index (χ3v) is 4.54. The van der Waals surface area contributed by atoms with E-state index in [4.69, 9.17) is 5.73 Å². The van der Waals surface area contributed by atoms with Crippen LogP contribution in [0.1, 0.15) is 31.9 Å². The molecule has 2 rings (SSSR count). The van der Waals surface area contributed by atoms with Crippen molar-refractivity contribution in [2.24, 2.45) is 11.7 Å². The summed E-state index contributed by atoms with van der Waals surface area (Å²) in [7, 11) is 2.13. The Balaban J connectivity index is 1.93. The lowest BCUT2D eigenvalue weighted by atomic mass is 10.0. The molecule has 1 aliphatic carbocycles. The molecule has 106 valence electrons. The molecule has 1 saturated carbocycles. The molecule has 1 aromatic heterocycles. The molecule has 2 atom stereocenters. The Hall–Kier alpha value is -0.980. The molecule has 0 bridgehead atoms. The summed E-state index contributed by atoms with van der Waals surface area (Å²) in [6, 6.07) is 0.566. The lowest BCUT2D eigenvalue weighted by Gasteiger charge is -2.28. The fourth-order valence-electron chi connectivity index (χ4n) is 2.83. The Morgan fingerprint density at radius 1 is 1.63 bits per heavy atom. The van der Waals surface area contributed by atoms with Crippen molar-refractivity contribution in [3.05, 3.63) is 11.1 Å². The van der Waals surface area contributed by atoms with E-state index in [1.54, 1.807) is 0 Å². The van der Waals surface area contributed by atoms with Crippen LogP contribution in [-0.2, 0) is 11.3 Å². The first-order chi connectivity index (χ1) is 9.10. The van der Waals surface area contributed by atoms with Crippen molar-refractivity contribution in [3.8, 4) is 0 Å². The van der Waals surface area contributed by atoms with Crippen LogP contribution in [0.4, 0.5) is 5.13 Å². The van der Waals surface area contributed by atoms with Crippen molar-refractivity contribution in [2.75, 3.05) is 18.9 Å². The minimum absolute atomic E-state index is 0.0757. The van der Waals surface area contributed by atoms with Gasteiger partial charge in [0.05, 0.1) is 5.69 Å². The molecule has 5 nitrogen and oxygen atoms in total. The molecule has 19 heavy (non-hydrogen) atoms. The number of nitrogens with zero attached hydrogens (tertiary/aromatic N) is 2. The second-order valence-corrected chi connectivity index (χ2v) is 6.09. The van der Waals surface area contributed by atoms with E-state index in [-0.39, 0.29) is 5.91 Å². The molecule has 6 heteroatoms. The summed E-state index contributed by atoms with van der Waals surface area (Å²) in [6.07, 6.45) is 3.73. The highest BCUT2D eigenvalue weighted by molar-refractivity contribution is 7.13. The summed E-state index contributed by atoms with van der Waals surface area (Å²) in [4.78, 5) is 17.7. The van der Waals surface area contributed by atoms with Gasteiger partial charge in [-0.2, -0.15) is 0 Å². The zero-order valence-electron chi connectivity index (χ0n) is 11.6. The molecule has 0 saturated heterocycles. The van der Waals surface area contributed by atoms with E-state index < -0.39 is 0 Å². The third-order valence-electron chi connectivity index (χ3n) is 3.73. The standard InChI is InChI=1S/C13H22N4OS/c1-9(18)15-13-16-11(8-19-13)7-17(2)12-5-3-4-10(12)6-14/h8,10,12H,3-7,14H2,1-2H3,(H,15,16,18). The highest BCUT2D eigenvalue weighted by atomic mass is 32.1. The summed E-state index contributed by atoms with van der Waals surface area (Å²) in [5.41, 5.74) is 6.84. The molecule has 1 aliphatic rings. The number of anilines is 1. The maximum Gasteiger partial charge on any atom is 0.223 e. The molecule has 0 radical (unpaired) electrons. The Kier molecular flexibility index (Phi) is 4.90. The maximum atomic E-state index is 11.0. The number of aromatic nitrogens is 1. The number of carbonyl (C=O) groups excluding carboxylic acids is 1. The fraction of sp³-hybridized carbons (Fsp3) is 0.692.